The molecule has 0 saturated carbocycles. The van der Waals surface area contributed by atoms with E-state index in [0.717, 1.165) is 6.42 Å². The molecule has 0 bridgehead atoms. The zero-order chi connectivity index (χ0) is 16.4. The maximum atomic E-state index is 9.09. The number of ether oxygens (including phenoxy) is 1. The monoisotopic (exact) mass is 345 g/mol. The van der Waals surface area contributed by atoms with E-state index in [9.17, 15) is 0 Å². The quantitative estimate of drug-likeness (QED) is 0.277. The van der Waals surface area contributed by atoms with Gasteiger partial charge >= 0.3 is 9.53 Å². The van der Waals surface area contributed by atoms with Gasteiger partial charge in [0, 0.05) is 21.3 Å². The highest BCUT2D eigenvalue weighted by atomic mass is 32.1. The molecular formula is C10H25N2O5S2Si. The van der Waals surface area contributed by atoms with Crippen LogP contribution in [0.3, 0.4) is 0 Å². The van der Waals surface area contributed by atoms with Crippen LogP contribution in [0.5, 0.6) is 0 Å². The molecule has 10 heteroatoms. The molecule has 0 spiro atoms. The highest BCUT2D eigenvalue weighted by Gasteiger charge is 2.09. The number of unbranched alkanes of at least 4 members (excludes halogenated alkanes) is 2. The lowest BCUT2D eigenvalue weighted by molar-refractivity contribution is 0.163. The molecule has 0 heterocycles. The molecule has 0 aliphatic carbocycles. The van der Waals surface area contributed by atoms with E-state index in [0.29, 0.717) is 6.61 Å². The Labute approximate surface area is 133 Å². The summed E-state index contributed by atoms with van der Waals surface area (Å²) in [6.07, 6.45) is 3.43. The minimum Gasteiger partial charge on any atom is -0.471 e. The first-order chi connectivity index (χ1) is 9.35. The van der Waals surface area contributed by atoms with Crippen molar-refractivity contribution in [1.82, 2.24) is 0 Å². The predicted molar refractivity (Wildman–Crippen MR) is 87.6 cm³/mol. The van der Waals surface area contributed by atoms with Crippen molar-refractivity contribution in [2.45, 2.75) is 26.2 Å². The lowest BCUT2D eigenvalue weighted by atomic mass is 10.3. The molecule has 0 unspecified atom stereocenters. The van der Waals surface area contributed by atoms with E-state index in [2.05, 4.69) is 37.5 Å². The molecule has 0 aromatic rings. The van der Waals surface area contributed by atoms with Crippen molar-refractivity contribution in [2.24, 2.45) is 11.5 Å². The molecule has 0 aliphatic rings. The summed E-state index contributed by atoms with van der Waals surface area (Å²) in [6, 6.07) is 0. The number of thiocarbonyl (C=S) groups is 1. The summed E-state index contributed by atoms with van der Waals surface area (Å²) in [5.74, 6) is 0. The van der Waals surface area contributed by atoms with E-state index in [1.54, 1.807) is 21.3 Å². The molecular weight excluding hydrogens is 320 g/mol. The number of primary amides is 1. The zero-order valence-electron chi connectivity index (χ0n) is 12.4. The van der Waals surface area contributed by atoms with Crippen molar-refractivity contribution in [3.8, 4) is 0 Å². The fourth-order valence-corrected chi connectivity index (χ4v) is 1.36. The van der Waals surface area contributed by atoms with Crippen molar-refractivity contribution < 1.29 is 22.8 Å². The van der Waals surface area contributed by atoms with Crippen LogP contribution in [-0.2, 0) is 18.0 Å². The third-order valence-electron chi connectivity index (χ3n) is 1.49. The average molecular weight is 346 g/mol. The van der Waals surface area contributed by atoms with Crippen LogP contribution >= 0.6 is 24.8 Å². The van der Waals surface area contributed by atoms with E-state index in [-0.39, 0.29) is 5.17 Å². The number of thiol groups is 1. The minimum absolute atomic E-state index is 0.158. The first-order valence-corrected chi connectivity index (χ1v) is 7.83. The summed E-state index contributed by atoms with van der Waals surface area (Å²) in [6.45, 7) is 2.81. The van der Waals surface area contributed by atoms with Gasteiger partial charge in [0.1, 0.15) is 0 Å². The highest BCUT2D eigenvalue weighted by Crippen LogP contribution is 1.93. The molecule has 1 radical (unpaired) electrons. The number of carbonyl (C=O) groups excluding carboxylic acids is 1. The molecule has 0 rings (SSSR count). The first-order valence-electron chi connectivity index (χ1n) is 5.75. The SMILES string of the molecule is CCCCCOC(N)=S.CO[Si](OC)OC.NC(=O)S. The summed E-state index contributed by atoms with van der Waals surface area (Å²) in [5, 5.41) is -0.480. The first kappa shape index (κ1) is 24.6. The van der Waals surface area contributed by atoms with Crippen LogP contribution < -0.4 is 11.5 Å². The molecule has 0 aliphatic heterocycles. The highest BCUT2D eigenvalue weighted by molar-refractivity contribution is 7.96. The normalized spacial score (nSPS) is 8.90. The van der Waals surface area contributed by atoms with Gasteiger partial charge in [0.2, 0.25) is 0 Å². The van der Waals surface area contributed by atoms with Crippen molar-refractivity contribution in [2.75, 3.05) is 27.9 Å². The number of hydrogen-bond donors (Lipinski definition) is 3. The summed E-state index contributed by atoms with van der Waals surface area (Å²) in [5.41, 5.74) is 9.42. The van der Waals surface area contributed by atoms with Gasteiger partial charge < -0.3 is 29.5 Å². The summed E-state index contributed by atoms with van der Waals surface area (Å²) in [7, 11) is 3.31. The predicted octanol–water partition coefficient (Wildman–Crippen LogP) is 1.34. The Hall–Kier alpha value is -0.393. The maximum absolute atomic E-state index is 9.09. The topological polar surface area (TPSA) is 106 Å². The maximum Gasteiger partial charge on any atom is 0.576 e. The molecule has 0 fully saturated rings. The van der Waals surface area contributed by atoms with Crippen LogP contribution in [0.2, 0.25) is 0 Å². The minimum atomic E-state index is -1.36. The second-order valence-electron chi connectivity index (χ2n) is 3.08. The fraction of sp³-hybridized carbons (Fsp3) is 0.800. The largest absolute Gasteiger partial charge is 0.576 e. The number of hydrogen-bond acceptors (Lipinski definition) is 6. The second kappa shape index (κ2) is 20.9. The average Bonchev–Trinajstić information content (AvgIpc) is 2.37. The number of amides is 1. The smallest absolute Gasteiger partial charge is 0.471 e. The van der Waals surface area contributed by atoms with Gasteiger partial charge in [-0.1, -0.05) is 32.4 Å². The summed E-state index contributed by atoms with van der Waals surface area (Å²) in [4.78, 5) is 9.09. The van der Waals surface area contributed by atoms with Crippen LogP contribution in [0, 0.1) is 0 Å². The Kier molecular flexibility index (Phi) is 25.7. The lowest BCUT2D eigenvalue weighted by Gasteiger charge is -2.02. The van der Waals surface area contributed by atoms with E-state index < -0.39 is 14.8 Å². The van der Waals surface area contributed by atoms with Crippen LogP contribution in [0.1, 0.15) is 26.2 Å². The Morgan fingerprint density at radius 3 is 1.75 bits per heavy atom. The van der Waals surface area contributed by atoms with Crippen LogP contribution in [0.4, 0.5) is 4.79 Å². The Morgan fingerprint density at radius 2 is 1.55 bits per heavy atom. The number of rotatable bonds is 7. The molecule has 0 saturated heterocycles. The molecule has 0 atom stereocenters. The lowest BCUT2D eigenvalue weighted by Crippen LogP contribution is -2.21. The van der Waals surface area contributed by atoms with E-state index in [1.807, 2.05) is 0 Å². The van der Waals surface area contributed by atoms with E-state index in [1.165, 1.54) is 12.8 Å². The van der Waals surface area contributed by atoms with Gasteiger partial charge in [-0.05, 0) is 18.6 Å². The van der Waals surface area contributed by atoms with E-state index in [4.69, 9.17) is 28.5 Å². The molecule has 1 amide bonds. The van der Waals surface area contributed by atoms with Crippen LogP contribution in [0.25, 0.3) is 0 Å². The van der Waals surface area contributed by atoms with Gasteiger partial charge in [0.05, 0.1) is 6.61 Å². The summed E-state index contributed by atoms with van der Waals surface area (Å²) < 4.78 is 19.0. The Morgan fingerprint density at radius 1 is 1.15 bits per heavy atom. The molecule has 0 aromatic carbocycles. The molecule has 20 heavy (non-hydrogen) atoms. The fourth-order valence-electron chi connectivity index (χ4n) is 0.775. The molecule has 7 nitrogen and oxygen atoms in total. The third-order valence-corrected chi connectivity index (χ3v) is 2.61. The van der Waals surface area contributed by atoms with Crippen LogP contribution in [-0.4, -0.2) is 47.9 Å². The van der Waals surface area contributed by atoms with Crippen molar-refractivity contribution in [1.29, 1.82) is 0 Å². The zero-order valence-corrected chi connectivity index (χ0v) is 15.1. The molecule has 0 aromatic heterocycles. The van der Waals surface area contributed by atoms with Gasteiger partial charge in [-0.2, -0.15) is 0 Å². The van der Waals surface area contributed by atoms with E-state index >= 15 is 0 Å². The van der Waals surface area contributed by atoms with Crippen molar-refractivity contribution in [3.63, 3.8) is 0 Å². The van der Waals surface area contributed by atoms with Crippen molar-refractivity contribution >= 4 is 44.8 Å². The van der Waals surface area contributed by atoms with Gasteiger partial charge in [-0.15, -0.1) is 0 Å². The Balaban J connectivity index is -0.000000234. The Bertz CT molecular complexity index is 224. The van der Waals surface area contributed by atoms with Crippen molar-refractivity contribution in [3.05, 3.63) is 0 Å². The number of nitrogens with two attached hydrogens (primary N) is 2. The third kappa shape index (κ3) is 36.0. The second-order valence-corrected chi connectivity index (χ2v) is 5.64. The number of carbonyl (C=O) groups is 1. The van der Waals surface area contributed by atoms with Gasteiger partial charge in [-0.25, -0.2) is 0 Å². The standard InChI is InChI=1S/C6H13NOS.C3H9O3Si.CH3NOS/c1-2-3-4-5-8-6(7)9;1-4-7(5-2)6-3;2-1(3)4/h2-5H2,1H3,(H2,7,9);1-3H3;(H3,2,3,4). The molecule has 121 valence electrons. The summed E-state index contributed by atoms with van der Waals surface area (Å²) >= 11 is 7.61. The van der Waals surface area contributed by atoms with Gasteiger partial charge in [-0.3, -0.25) is 4.79 Å². The van der Waals surface area contributed by atoms with Crippen LogP contribution in [0.15, 0.2) is 0 Å². The molecule has 4 N–H and O–H groups in total. The van der Waals surface area contributed by atoms with Gasteiger partial charge in [0.15, 0.2) is 0 Å². The van der Waals surface area contributed by atoms with Gasteiger partial charge in [0.25, 0.3) is 10.4 Å².